The Kier molecular flexibility index (Phi) is 10.0. The smallest absolute Gasteiger partial charge is 0.251 e. The summed E-state index contributed by atoms with van der Waals surface area (Å²) in [7, 11) is 3.14. The molecule has 0 atom stereocenters. The number of ether oxygens (including phenoxy) is 3. The number of amides is 1. The van der Waals surface area contributed by atoms with E-state index in [9.17, 15) is 4.79 Å². The van der Waals surface area contributed by atoms with Crippen molar-refractivity contribution < 1.29 is 19.0 Å². The Balaban J connectivity index is 1.21. The van der Waals surface area contributed by atoms with Crippen LogP contribution < -0.4 is 19.5 Å². The summed E-state index contributed by atoms with van der Waals surface area (Å²) in [5.41, 5.74) is 2.80. The molecule has 0 saturated carbocycles. The summed E-state index contributed by atoms with van der Waals surface area (Å²) in [5.74, 6) is 3.09. The Hall–Kier alpha value is -4.00. The highest BCUT2D eigenvalue weighted by molar-refractivity contribution is 5.94. The Morgan fingerprint density at radius 3 is 2.45 bits per heavy atom. The molecular formula is C31H37N3O4. The van der Waals surface area contributed by atoms with E-state index in [2.05, 4.69) is 28.1 Å². The SMILES string of the molecule is COc1ccc(C(=O)NCCCCCc2nc3ccccc3n2CCCCOc2ccccc2)cc1OC. The maximum Gasteiger partial charge on any atom is 0.251 e. The molecule has 200 valence electrons. The second kappa shape index (κ2) is 14.1. The molecular weight excluding hydrogens is 478 g/mol. The minimum atomic E-state index is -0.107. The van der Waals surface area contributed by atoms with Crippen LogP contribution >= 0.6 is 0 Å². The molecule has 1 N–H and O–H groups in total. The number of rotatable bonds is 15. The van der Waals surface area contributed by atoms with Gasteiger partial charge in [-0.3, -0.25) is 4.79 Å². The van der Waals surface area contributed by atoms with Crippen LogP contribution in [0.15, 0.2) is 72.8 Å². The number of nitrogens with one attached hydrogen (secondary N) is 1. The first kappa shape index (κ1) is 27.0. The molecule has 0 aliphatic heterocycles. The van der Waals surface area contributed by atoms with Crippen LogP contribution in [0.4, 0.5) is 0 Å². The van der Waals surface area contributed by atoms with Crippen LogP contribution in [-0.2, 0) is 13.0 Å². The molecule has 1 amide bonds. The number of hydrogen-bond acceptors (Lipinski definition) is 5. The summed E-state index contributed by atoms with van der Waals surface area (Å²) in [4.78, 5) is 17.4. The number of imidazole rings is 1. The number of hydrogen-bond donors (Lipinski definition) is 1. The molecule has 0 fully saturated rings. The Morgan fingerprint density at radius 2 is 1.63 bits per heavy atom. The van der Waals surface area contributed by atoms with Crippen molar-refractivity contribution in [2.24, 2.45) is 0 Å². The summed E-state index contributed by atoms with van der Waals surface area (Å²) < 4.78 is 18.7. The number of aryl methyl sites for hydroxylation is 2. The average molecular weight is 516 g/mol. The van der Waals surface area contributed by atoms with Gasteiger partial charge in [0.25, 0.3) is 5.91 Å². The largest absolute Gasteiger partial charge is 0.494 e. The third-order valence-electron chi connectivity index (χ3n) is 6.53. The van der Waals surface area contributed by atoms with Crippen LogP contribution in [0.3, 0.4) is 0 Å². The number of methoxy groups -OCH3 is 2. The monoisotopic (exact) mass is 515 g/mol. The van der Waals surface area contributed by atoms with E-state index in [1.165, 1.54) is 5.52 Å². The van der Waals surface area contributed by atoms with E-state index >= 15 is 0 Å². The topological polar surface area (TPSA) is 74.6 Å². The molecule has 0 saturated heterocycles. The van der Waals surface area contributed by atoms with E-state index in [0.29, 0.717) is 30.2 Å². The van der Waals surface area contributed by atoms with Gasteiger partial charge < -0.3 is 24.1 Å². The van der Waals surface area contributed by atoms with E-state index in [-0.39, 0.29) is 5.91 Å². The number of benzene rings is 3. The van der Waals surface area contributed by atoms with Crippen LogP contribution in [0.5, 0.6) is 17.2 Å². The summed E-state index contributed by atoms with van der Waals surface area (Å²) >= 11 is 0. The van der Waals surface area contributed by atoms with Crippen molar-refractivity contribution in [3.63, 3.8) is 0 Å². The number of nitrogens with zero attached hydrogens (tertiary/aromatic N) is 2. The van der Waals surface area contributed by atoms with Gasteiger partial charge in [-0.1, -0.05) is 36.8 Å². The lowest BCUT2D eigenvalue weighted by molar-refractivity contribution is 0.0952. The van der Waals surface area contributed by atoms with Gasteiger partial charge in [0.1, 0.15) is 11.6 Å². The number of para-hydroxylation sites is 3. The molecule has 1 heterocycles. The van der Waals surface area contributed by atoms with Crippen molar-refractivity contribution in [1.82, 2.24) is 14.9 Å². The summed E-state index contributed by atoms with van der Waals surface area (Å²) in [6, 6.07) is 23.5. The molecule has 38 heavy (non-hydrogen) atoms. The summed E-state index contributed by atoms with van der Waals surface area (Å²) in [5, 5.41) is 3.00. The van der Waals surface area contributed by atoms with Gasteiger partial charge in [0.05, 0.1) is 31.9 Å². The lowest BCUT2D eigenvalue weighted by Crippen LogP contribution is -2.24. The van der Waals surface area contributed by atoms with Crippen LogP contribution in [0, 0.1) is 0 Å². The second-order valence-electron chi connectivity index (χ2n) is 9.17. The molecule has 7 nitrogen and oxygen atoms in total. The molecule has 0 aliphatic carbocycles. The minimum Gasteiger partial charge on any atom is -0.494 e. The Labute approximate surface area is 224 Å². The quantitative estimate of drug-likeness (QED) is 0.195. The van der Waals surface area contributed by atoms with Crippen molar-refractivity contribution in [3.05, 3.63) is 84.2 Å². The van der Waals surface area contributed by atoms with Gasteiger partial charge in [0, 0.05) is 25.1 Å². The maximum absolute atomic E-state index is 12.5. The van der Waals surface area contributed by atoms with Gasteiger partial charge in [0.2, 0.25) is 0 Å². The number of carbonyl (C=O) groups excluding carboxylic acids is 1. The molecule has 0 radical (unpaired) electrons. The van der Waals surface area contributed by atoms with E-state index in [0.717, 1.165) is 62.2 Å². The zero-order chi connectivity index (χ0) is 26.6. The molecule has 4 aromatic rings. The van der Waals surface area contributed by atoms with Crippen LogP contribution in [-0.4, -0.2) is 42.8 Å². The first-order valence-corrected chi connectivity index (χ1v) is 13.3. The molecule has 3 aromatic carbocycles. The highest BCUT2D eigenvalue weighted by Gasteiger charge is 2.12. The number of fused-ring (bicyclic) bond motifs is 1. The van der Waals surface area contributed by atoms with E-state index < -0.39 is 0 Å². The standard InChI is InChI=1S/C31H37N3O4/c1-36-28-19-18-24(23-29(28)37-2)31(35)32-20-10-4-7-17-30-33-26-15-8-9-16-27(26)34(30)21-11-12-22-38-25-13-5-3-6-14-25/h3,5-6,8-9,13-16,18-19,23H,4,7,10-12,17,20-22H2,1-2H3,(H,32,35). The molecule has 4 rings (SSSR count). The van der Waals surface area contributed by atoms with E-state index in [4.69, 9.17) is 19.2 Å². The van der Waals surface area contributed by atoms with Gasteiger partial charge in [-0.2, -0.15) is 0 Å². The van der Waals surface area contributed by atoms with Crippen molar-refractivity contribution in [2.45, 2.75) is 45.1 Å². The maximum atomic E-state index is 12.5. The van der Waals surface area contributed by atoms with Crippen molar-refractivity contribution in [2.75, 3.05) is 27.4 Å². The molecule has 0 spiro atoms. The van der Waals surface area contributed by atoms with E-state index in [1.807, 2.05) is 36.4 Å². The fourth-order valence-corrected chi connectivity index (χ4v) is 4.51. The fourth-order valence-electron chi connectivity index (χ4n) is 4.51. The van der Waals surface area contributed by atoms with Gasteiger partial charge in [-0.25, -0.2) is 4.98 Å². The van der Waals surface area contributed by atoms with E-state index in [1.54, 1.807) is 32.4 Å². The average Bonchev–Trinajstić information content (AvgIpc) is 3.31. The minimum absolute atomic E-state index is 0.107. The predicted molar refractivity (Wildman–Crippen MR) is 150 cm³/mol. The Morgan fingerprint density at radius 1 is 0.842 bits per heavy atom. The van der Waals surface area contributed by atoms with Gasteiger partial charge in [-0.15, -0.1) is 0 Å². The third-order valence-corrected chi connectivity index (χ3v) is 6.53. The highest BCUT2D eigenvalue weighted by atomic mass is 16.5. The lowest BCUT2D eigenvalue weighted by atomic mass is 10.1. The first-order chi connectivity index (χ1) is 18.7. The Bertz CT molecular complexity index is 1300. The van der Waals surface area contributed by atoms with Crippen LogP contribution in [0.2, 0.25) is 0 Å². The number of aromatic nitrogens is 2. The normalized spacial score (nSPS) is 10.9. The number of carbonyl (C=O) groups is 1. The second-order valence-corrected chi connectivity index (χ2v) is 9.17. The summed E-state index contributed by atoms with van der Waals surface area (Å²) in [6.07, 6.45) is 5.88. The molecule has 0 aliphatic rings. The van der Waals surface area contributed by atoms with Gasteiger partial charge in [0.15, 0.2) is 11.5 Å². The van der Waals surface area contributed by atoms with Crippen LogP contribution in [0.25, 0.3) is 11.0 Å². The third kappa shape index (κ3) is 7.28. The highest BCUT2D eigenvalue weighted by Crippen LogP contribution is 2.27. The molecule has 0 bridgehead atoms. The summed E-state index contributed by atoms with van der Waals surface area (Å²) in [6.45, 7) is 2.27. The first-order valence-electron chi connectivity index (χ1n) is 13.3. The zero-order valence-electron chi connectivity index (χ0n) is 22.3. The van der Waals surface area contributed by atoms with Crippen LogP contribution in [0.1, 0.15) is 48.3 Å². The molecule has 7 heteroatoms. The van der Waals surface area contributed by atoms with Crippen molar-refractivity contribution in [3.8, 4) is 17.2 Å². The predicted octanol–water partition coefficient (Wildman–Crippen LogP) is 6.06. The van der Waals surface area contributed by atoms with Gasteiger partial charge in [-0.05, 0) is 68.1 Å². The molecule has 0 unspecified atom stereocenters. The van der Waals surface area contributed by atoms with Gasteiger partial charge >= 0.3 is 0 Å². The van der Waals surface area contributed by atoms with Crippen molar-refractivity contribution in [1.29, 1.82) is 0 Å². The van der Waals surface area contributed by atoms with Crippen molar-refractivity contribution >= 4 is 16.9 Å². The fraction of sp³-hybridized carbons (Fsp3) is 0.355. The number of unbranched alkanes of at least 4 members (excludes halogenated alkanes) is 3. The zero-order valence-corrected chi connectivity index (χ0v) is 22.3. The lowest BCUT2D eigenvalue weighted by Gasteiger charge is -2.11. The molecule has 1 aromatic heterocycles.